The van der Waals surface area contributed by atoms with Gasteiger partial charge in [0.2, 0.25) is 0 Å². The van der Waals surface area contributed by atoms with Crippen molar-refractivity contribution in [3.05, 3.63) is 23.8 Å². The van der Waals surface area contributed by atoms with E-state index in [0.29, 0.717) is 4.99 Å². The van der Waals surface area contributed by atoms with Gasteiger partial charge in [0.1, 0.15) is 10.7 Å². The van der Waals surface area contributed by atoms with Gasteiger partial charge in [0.15, 0.2) is 0 Å². The highest BCUT2D eigenvalue weighted by Crippen LogP contribution is 2.30. The predicted molar refractivity (Wildman–Crippen MR) is 93.0 cm³/mol. The third-order valence-corrected chi connectivity index (χ3v) is 4.23. The Labute approximate surface area is 132 Å². The number of nitrogens with two attached hydrogens (primary N) is 1. The van der Waals surface area contributed by atoms with Crippen molar-refractivity contribution in [3.8, 4) is 5.75 Å². The molecule has 0 amide bonds. The van der Waals surface area contributed by atoms with Gasteiger partial charge in [-0.1, -0.05) is 44.5 Å². The highest BCUT2D eigenvalue weighted by molar-refractivity contribution is 7.98. The lowest BCUT2D eigenvalue weighted by molar-refractivity contribution is 0.205. The number of ether oxygens (including phenoxy) is 1. The van der Waals surface area contributed by atoms with Crippen LogP contribution in [0.3, 0.4) is 0 Å². The standard InChI is InChI=1S/C16H25NOS2/c1-4-5-6-7-9-12(2)18-13-10-8-11-14(20-3)15(13)16(17)19/h8,10-12H,4-7,9H2,1-3H3,(H2,17,19). The first-order chi connectivity index (χ1) is 9.60. The highest BCUT2D eigenvalue weighted by atomic mass is 32.2. The van der Waals surface area contributed by atoms with Crippen LogP contribution in [0, 0.1) is 0 Å². The summed E-state index contributed by atoms with van der Waals surface area (Å²) in [7, 11) is 0. The van der Waals surface area contributed by atoms with Crippen molar-refractivity contribution in [2.45, 2.75) is 57.0 Å². The van der Waals surface area contributed by atoms with Crippen molar-refractivity contribution in [1.29, 1.82) is 0 Å². The van der Waals surface area contributed by atoms with E-state index in [1.807, 2.05) is 24.5 Å². The Hall–Kier alpha value is -0.740. The zero-order valence-corrected chi connectivity index (χ0v) is 14.3. The Kier molecular flexibility index (Phi) is 8.00. The van der Waals surface area contributed by atoms with Crippen LogP contribution in [0.25, 0.3) is 0 Å². The Balaban J connectivity index is 2.69. The number of rotatable bonds is 9. The maximum absolute atomic E-state index is 6.05. The summed E-state index contributed by atoms with van der Waals surface area (Å²) in [6.07, 6.45) is 8.33. The minimum atomic E-state index is 0.192. The molecule has 1 atom stereocenters. The second-order valence-corrected chi connectivity index (χ2v) is 6.26. The average Bonchev–Trinajstić information content (AvgIpc) is 2.43. The Morgan fingerprint density at radius 1 is 1.35 bits per heavy atom. The van der Waals surface area contributed by atoms with Gasteiger partial charge in [0, 0.05) is 4.90 Å². The lowest BCUT2D eigenvalue weighted by atomic mass is 10.1. The molecule has 4 heteroatoms. The normalized spacial score (nSPS) is 12.2. The summed E-state index contributed by atoms with van der Waals surface area (Å²) < 4.78 is 6.05. The second-order valence-electron chi connectivity index (χ2n) is 4.98. The van der Waals surface area contributed by atoms with Crippen LogP contribution in [0.5, 0.6) is 5.75 Å². The quantitative estimate of drug-likeness (QED) is 0.404. The van der Waals surface area contributed by atoms with Gasteiger partial charge in [0.05, 0.1) is 11.7 Å². The number of hydrogen-bond donors (Lipinski definition) is 1. The third kappa shape index (κ3) is 5.33. The van der Waals surface area contributed by atoms with Crippen LogP contribution in [0.1, 0.15) is 51.5 Å². The Bertz CT molecular complexity index is 434. The zero-order chi connectivity index (χ0) is 15.0. The van der Waals surface area contributed by atoms with Crippen molar-refractivity contribution >= 4 is 29.0 Å². The highest BCUT2D eigenvalue weighted by Gasteiger charge is 2.14. The molecule has 0 saturated heterocycles. The summed E-state index contributed by atoms with van der Waals surface area (Å²) in [6, 6.07) is 5.97. The minimum absolute atomic E-state index is 0.192. The molecule has 1 aromatic carbocycles. The zero-order valence-electron chi connectivity index (χ0n) is 12.6. The van der Waals surface area contributed by atoms with Crippen molar-refractivity contribution < 1.29 is 4.74 Å². The monoisotopic (exact) mass is 311 g/mol. The lowest BCUT2D eigenvalue weighted by Gasteiger charge is -2.18. The number of benzene rings is 1. The van der Waals surface area contributed by atoms with Gasteiger partial charge in [-0.05, 0) is 38.2 Å². The molecule has 20 heavy (non-hydrogen) atoms. The van der Waals surface area contributed by atoms with Crippen molar-refractivity contribution in [1.82, 2.24) is 0 Å². The van der Waals surface area contributed by atoms with E-state index in [4.69, 9.17) is 22.7 Å². The van der Waals surface area contributed by atoms with E-state index in [0.717, 1.165) is 22.6 Å². The number of hydrogen-bond acceptors (Lipinski definition) is 3. The largest absolute Gasteiger partial charge is 0.490 e. The molecule has 0 heterocycles. The first kappa shape index (κ1) is 17.3. The van der Waals surface area contributed by atoms with Crippen molar-refractivity contribution in [2.24, 2.45) is 5.73 Å². The van der Waals surface area contributed by atoms with E-state index in [2.05, 4.69) is 13.8 Å². The van der Waals surface area contributed by atoms with Crippen LogP contribution < -0.4 is 10.5 Å². The molecule has 0 aromatic heterocycles. The summed E-state index contributed by atoms with van der Waals surface area (Å²) in [5.74, 6) is 0.812. The summed E-state index contributed by atoms with van der Waals surface area (Å²) >= 11 is 6.80. The number of thiocarbonyl (C=S) groups is 1. The van der Waals surface area contributed by atoms with Crippen LogP contribution >= 0.6 is 24.0 Å². The molecule has 2 nitrogen and oxygen atoms in total. The Morgan fingerprint density at radius 3 is 2.70 bits per heavy atom. The molecule has 1 aromatic rings. The predicted octanol–water partition coefficient (Wildman–Crippen LogP) is 4.78. The summed E-state index contributed by atoms with van der Waals surface area (Å²) in [6.45, 7) is 4.34. The summed E-state index contributed by atoms with van der Waals surface area (Å²) in [5, 5.41) is 0. The molecule has 1 unspecified atom stereocenters. The fourth-order valence-electron chi connectivity index (χ4n) is 2.16. The van der Waals surface area contributed by atoms with Crippen LogP contribution in [0.15, 0.2) is 23.1 Å². The maximum Gasteiger partial charge on any atom is 0.131 e. The first-order valence-electron chi connectivity index (χ1n) is 7.23. The molecule has 0 radical (unpaired) electrons. The SMILES string of the molecule is CCCCCCC(C)Oc1cccc(SC)c1C(N)=S. The smallest absolute Gasteiger partial charge is 0.131 e. The average molecular weight is 312 g/mol. The van der Waals surface area contributed by atoms with E-state index < -0.39 is 0 Å². The van der Waals surface area contributed by atoms with Crippen LogP contribution in [-0.4, -0.2) is 17.3 Å². The fourth-order valence-corrected chi connectivity index (χ4v) is 3.06. The van der Waals surface area contributed by atoms with Gasteiger partial charge in [0.25, 0.3) is 0 Å². The van der Waals surface area contributed by atoms with Crippen LogP contribution in [-0.2, 0) is 0 Å². The molecule has 1 rings (SSSR count). The van der Waals surface area contributed by atoms with Crippen molar-refractivity contribution in [2.75, 3.05) is 6.26 Å². The molecule has 0 aliphatic heterocycles. The van der Waals surface area contributed by atoms with E-state index in [9.17, 15) is 0 Å². The number of thioether (sulfide) groups is 1. The molecule has 112 valence electrons. The maximum atomic E-state index is 6.05. The molecular weight excluding hydrogens is 286 g/mol. The molecule has 0 saturated carbocycles. The second kappa shape index (κ2) is 9.24. The van der Waals surface area contributed by atoms with E-state index in [1.54, 1.807) is 11.8 Å². The molecule has 0 spiro atoms. The number of unbranched alkanes of at least 4 members (excludes halogenated alkanes) is 3. The van der Waals surface area contributed by atoms with Crippen LogP contribution in [0.4, 0.5) is 0 Å². The summed E-state index contributed by atoms with van der Waals surface area (Å²) in [4.78, 5) is 1.48. The molecule has 0 fully saturated rings. The summed E-state index contributed by atoms with van der Waals surface area (Å²) in [5.41, 5.74) is 6.72. The van der Waals surface area contributed by atoms with Gasteiger partial charge in [-0.25, -0.2) is 0 Å². The van der Waals surface area contributed by atoms with Gasteiger partial charge in [-0.2, -0.15) is 0 Å². The van der Waals surface area contributed by atoms with Gasteiger partial charge in [-0.15, -0.1) is 11.8 Å². The first-order valence-corrected chi connectivity index (χ1v) is 8.86. The van der Waals surface area contributed by atoms with E-state index >= 15 is 0 Å². The Morgan fingerprint density at radius 2 is 2.10 bits per heavy atom. The van der Waals surface area contributed by atoms with Crippen LogP contribution in [0.2, 0.25) is 0 Å². The van der Waals surface area contributed by atoms with Crippen molar-refractivity contribution in [3.63, 3.8) is 0 Å². The minimum Gasteiger partial charge on any atom is -0.490 e. The molecule has 0 aliphatic carbocycles. The molecule has 0 bridgehead atoms. The topological polar surface area (TPSA) is 35.2 Å². The molecular formula is C16H25NOS2. The van der Waals surface area contributed by atoms with Gasteiger partial charge < -0.3 is 10.5 Å². The van der Waals surface area contributed by atoms with E-state index in [-0.39, 0.29) is 6.10 Å². The van der Waals surface area contributed by atoms with Gasteiger partial charge >= 0.3 is 0 Å². The van der Waals surface area contributed by atoms with E-state index in [1.165, 1.54) is 25.7 Å². The molecule has 0 aliphatic rings. The van der Waals surface area contributed by atoms with Gasteiger partial charge in [-0.3, -0.25) is 0 Å². The lowest BCUT2D eigenvalue weighted by Crippen LogP contribution is -2.17. The molecule has 2 N–H and O–H groups in total. The third-order valence-electron chi connectivity index (χ3n) is 3.25. The fraction of sp³-hybridized carbons (Fsp3) is 0.562.